The van der Waals surface area contributed by atoms with Gasteiger partial charge in [-0.3, -0.25) is 0 Å². The van der Waals surface area contributed by atoms with Gasteiger partial charge in [-0.25, -0.2) is 4.98 Å². The van der Waals surface area contributed by atoms with Crippen LogP contribution in [-0.2, 0) is 11.3 Å². The topological polar surface area (TPSA) is 63.6 Å². The van der Waals surface area contributed by atoms with Crippen LogP contribution < -0.4 is 10.1 Å². The van der Waals surface area contributed by atoms with Crippen LogP contribution in [0.15, 0.2) is 30.3 Å². The van der Waals surface area contributed by atoms with Gasteiger partial charge in [0.1, 0.15) is 0 Å². The van der Waals surface area contributed by atoms with Crippen LogP contribution in [0.1, 0.15) is 12.0 Å². The van der Waals surface area contributed by atoms with E-state index in [9.17, 15) is 5.11 Å². The van der Waals surface area contributed by atoms with Gasteiger partial charge >= 0.3 is 0 Å². The summed E-state index contributed by atoms with van der Waals surface area (Å²) in [6.07, 6.45) is 0.219. The van der Waals surface area contributed by atoms with Crippen LogP contribution in [0, 0.1) is 0 Å². The lowest BCUT2D eigenvalue weighted by Crippen LogP contribution is -2.23. The van der Waals surface area contributed by atoms with E-state index in [1.54, 1.807) is 14.2 Å². The van der Waals surface area contributed by atoms with E-state index in [2.05, 4.69) is 16.4 Å². The van der Waals surface area contributed by atoms with Gasteiger partial charge in [-0.2, -0.15) is 0 Å². The zero-order valence-electron chi connectivity index (χ0n) is 12.5. The number of ether oxygens (including phenoxy) is 2. The molecular weight excluding hydrogens is 268 g/mol. The fourth-order valence-electron chi connectivity index (χ4n) is 2.21. The van der Waals surface area contributed by atoms with Crippen molar-refractivity contribution in [2.75, 3.05) is 27.4 Å². The minimum atomic E-state index is -0.431. The second-order valence-corrected chi connectivity index (χ2v) is 4.92. The Morgan fingerprint density at radius 2 is 2.10 bits per heavy atom. The minimum Gasteiger partial charge on any atom is -0.481 e. The fraction of sp³-hybridized carbons (Fsp3) is 0.438. The monoisotopic (exact) mass is 290 g/mol. The molecule has 1 heterocycles. The molecule has 0 aliphatic heterocycles. The van der Waals surface area contributed by atoms with Crippen molar-refractivity contribution >= 4 is 10.9 Å². The molecule has 2 rings (SSSR count). The Balaban J connectivity index is 1.97. The molecule has 0 aliphatic rings. The van der Waals surface area contributed by atoms with Gasteiger partial charge in [0.25, 0.3) is 0 Å². The molecular formula is C16H22N2O3. The van der Waals surface area contributed by atoms with Gasteiger partial charge in [0.05, 0.1) is 25.3 Å². The molecule has 0 radical (unpaired) electrons. The largest absolute Gasteiger partial charge is 0.481 e. The molecule has 0 amide bonds. The number of rotatable bonds is 8. The summed E-state index contributed by atoms with van der Waals surface area (Å²) in [6, 6.07) is 10.0. The quantitative estimate of drug-likeness (QED) is 0.725. The number of para-hydroxylation sites is 1. The molecule has 5 nitrogen and oxygen atoms in total. The molecule has 2 N–H and O–H groups in total. The van der Waals surface area contributed by atoms with E-state index in [0.29, 0.717) is 32.0 Å². The third-order valence-corrected chi connectivity index (χ3v) is 3.29. The Kier molecular flexibility index (Phi) is 5.92. The van der Waals surface area contributed by atoms with Gasteiger partial charge in [-0.05, 0) is 25.1 Å². The number of hydrogen-bond donors (Lipinski definition) is 2. The van der Waals surface area contributed by atoms with Crippen molar-refractivity contribution in [1.29, 1.82) is 0 Å². The first-order valence-electron chi connectivity index (χ1n) is 7.05. The van der Waals surface area contributed by atoms with Gasteiger partial charge in [-0.15, -0.1) is 0 Å². The Morgan fingerprint density at radius 3 is 2.86 bits per heavy atom. The maximum absolute atomic E-state index is 9.59. The third kappa shape index (κ3) is 4.39. The SMILES string of the molecule is COCC(O)CCNCc1cc2ccccc2nc1OC. The maximum Gasteiger partial charge on any atom is 0.218 e. The average Bonchev–Trinajstić information content (AvgIpc) is 2.51. The lowest BCUT2D eigenvalue weighted by Gasteiger charge is -2.12. The number of hydrogen-bond acceptors (Lipinski definition) is 5. The van der Waals surface area contributed by atoms with Crippen molar-refractivity contribution in [3.8, 4) is 5.88 Å². The van der Waals surface area contributed by atoms with Crippen molar-refractivity contribution in [3.05, 3.63) is 35.9 Å². The van der Waals surface area contributed by atoms with E-state index in [0.717, 1.165) is 16.5 Å². The van der Waals surface area contributed by atoms with Crippen molar-refractivity contribution in [1.82, 2.24) is 10.3 Å². The molecule has 0 spiro atoms. The summed E-state index contributed by atoms with van der Waals surface area (Å²) in [7, 11) is 3.21. The number of aliphatic hydroxyl groups is 1. The molecule has 0 bridgehead atoms. The van der Waals surface area contributed by atoms with E-state index in [1.165, 1.54) is 0 Å². The standard InChI is InChI=1S/C16H22N2O3/c1-20-11-14(19)7-8-17-10-13-9-12-5-3-4-6-15(12)18-16(13)21-2/h3-6,9,14,17,19H,7-8,10-11H2,1-2H3. The number of aliphatic hydroxyl groups excluding tert-OH is 1. The highest BCUT2D eigenvalue weighted by Crippen LogP contribution is 2.21. The van der Waals surface area contributed by atoms with Crippen molar-refractivity contribution in [3.63, 3.8) is 0 Å². The number of nitrogens with one attached hydrogen (secondary N) is 1. The van der Waals surface area contributed by atoms with Crippen LogP contribution >= 0.6 is 0 Å². The predicted octanol–water partition coefficient (Wildman–Crippen LogP) is 1.73. The Morgan fingerprint density at radius 1 is 1.29 bits per heavy atom. The summed E-state index contributed by atoms with van der Waals surface area (Å²) in [5.41, 5.74) is 1.94. The first-order valence-corrected chi connectivity index (χ1v) is 7.05. The van der Waals surface area contributed by atoms with Crippen molar-refractivity contribution in [2.24, 2.45) is 0 Å². The van der Waals surface area contributed by atoms with Gasteiger partial charge in [0.2, 0.25) is 5.88 Å². The van der Waals surface area contributed by atoms with Crippen LogP contribution in [0.25, 0.3) is 10.9 Å². The second kappa shape index (κ2) is 7.93. The normalized spacial score (nSPS) is 12.5. The molecule has 1 aromatic carbocycles. The average molecular weight is 290 g/mol. The van der Waals surface area contributed by atoms with E-state index in [1.807, 2.05) is 24.3 Å². The number of pyridine rings is 1. The lowest BCUT2D eigenvalue weighted by molar-refractivity contribution is 0.0594. The summed E-state index contributed by atoms with van der Waals surface area (Å²) in [5.74, 6) is 0.638. The molecule has 114 valence electrons. The van der Waals surface area contributed by atoms with Crippen molar-refractivity contribution in [2.45, 2.75) is 19.1 Å². The molecule has 2 aromatic rings. The molecule has 1 aromatic heterocycles. The Bertz CT molecular complexity index is 574. The third-order valence-electron chi connectivity index (χ3n) is 3.29. The number of benzene rings is 1. The first kappa shape index (κ1) is 15.7. The first-order chi connectivity index (χ1) is 10.2. The molecule has 1 atom stereocenters. The molecule has 0 saturated carbocycles. The minimum absolute atomic E-state index is 0.364. The molecule has 5 heteroatoms. The smallest absolute Gasteiger partial charge is 0.218 e. The predicted molar refractivity (Wildman–Crippen MR) is 82.5 cm³/mol. The van der Waals surface area contributed by atoms with Gasteiger partial charge in [-0.1, -0.05) is 18.2 Å². The Labute approximate surface area is 124 Å². The van der Waals surface area contributed by atoms with Crippen LogP contribution in [0.4, 0.5) is 0 Å². The zero-order chi connectivity index (χ0) is 15.1. The van der Waals surface area contributed by atoms with E-state index in [4.69, 9.17) is 9.47 Å². The van der Waals surface area contributed by atoms with Gasteiger partial charge < -0.3 is 19.9 Å². The second-order valence-electron chi connectivity index (χ2n) is 4.92. The summed E-state index contributed by atoms with van der Waals surface area (Å²) in [5, 5.41) is 14.0. The van der Waals surface area contributed by atoms with Gasteiger partial charge in [0.15, 0.2) is 0 Å². The van der Waals surface area contributed by atoms with E-state index < -0.39 is 6.10 Å². The number of nitrogens with zero attached hydrogens (tertiary/aromatic N) is 1. The summed E-state index contributed by atoms with van der Waals surface area (Å²) in [6.45, 7) is 1.73. The molecule has 21 heavy (non-hydrogen) atoms. The Hall–Kier alpha value is -1.69. The summed E-state index contributed by atoms with van der Waals surface area (Å²) in [4.78, 5) is 4.51. The van der Waals surface area contributed by atoms with Crippen LogP contribution in [0.2, 0.25) is 0 Å². The van der Waals surface area contributed by atoms with Crippen LogP contribution in [-0.4, -0.2) is 43.6 Å². The summed E-state index contributed by atoms with van der Waals surface area (Å²) < 4.78 is 10.2. The van der Waals surface area contributed by atoms with Crippen LogP contribution in [0.5, 0.6) is 5.88 Å². The van der Waals surface area contributed by atoms with Gasteiger partial charge in [0, 0.05) is 24.6 Å². The molecule has 0 saturated heterocycles. The highest BCUT2D eigenvalue weighted by molar-refractivity contribution is 5.80. The molecule has 1 unspecified atom stereocenters. The van der Waals surface area contributed by atoms with Crippen LogP contribution in [0.3, 0.4) is 0 Å². The van der Waals surface area contributed by atoms with E-state index >= 15 is 0 Å². The molecule has 0 aliphatic carbocycles. The van der Waals surface area contributed by atoms with E-state index in [-0.39, 0.29) is 0 Å². The maximum atomic E-state index is 9.59. The number of methoxy groups -OCH3 is 2. The van der Waals surface area contributed by atoms with Crippen molar-refractivity contribution < 1.29 is 14.6 Å². The molecule has 0 fully saturated rings. The summed E-state index contributed by atoms with van der Waals surface area (Å²) >= 11 is 0. The highest BCUT2D eigenvalue weighted by Gasteiger charge is 2.08. The number of aromatic nitrogens is 1. The fourth-order valence-corrected chi connectivity index (χ4v) is 2.21. The zero-order valence-corrected chi connectivity index (χ0v) is 12.5. The highest BCUT2D eigenvalue weighted by atomic mass is 16.5. The number of fused-ring (bicyclic) bond motifs is 1. The lowest BCUT2D eigenvalue weighted by atomic mass is 10.1.